The van der Waals surface area contributed by atoms with Crippen molar-refractivity contribution in [2.45, 2.75) is 6.92 Å². The predicted molar refractivity (Wildman–Crippen MR) is 69.7 cm³/mol. The number of nitrogens with zero attached hydrogens (tertiary/aromatic N) is 1. The van der Waals surface area contributed by atoms with Crippen LogP contribution in [0.15, 0.2) is 28.7 Å². The Labute approximate surface area is 118 Å². The van der Waals surface area contributed by atoms with E-state index in [2.05, 4.69) is 5.32 Å². The summed E-state index contributed by atoms with van der Waals surface area (Å²) in [5.74, 6) is 0.489. The van der Waals surface area contributed by atoms with E-state index in [-0.39, 0.29) is 18.3 Å². The summed E-state index contributed by atoms with van der Waals surface area (Å²) in [6.45, 7) is 5.14. The van der Waals surface area contributed by atoms with Gasteiger partial charge in [-0.2, -0.15) is 0 Å². The number of carbonyl (C=O) groups is 1. The third kappa shape index (κ3) is 2.46. The van der Waals surface area contributed by atoms with Crippen molar-refractivity contribution >= 4 is 16.9 Å². The molecule has 0 aliphatic carbocycles. The standard InChI is InChI=1S/C14H16N2O2.ClH/c1-10-11-4-2-3-5-12(11)18-13(10)14(17)16-8-6-15-7-9-16;/h2-5,15H,6-9H2,1H3;1H/p-1. The van der Waals surface area contributed by atoms with E-state index in [1.165, 1.54) is 0 Å². The Morgan fingerprint density at radius 3 is 2.63 bits per heavy atom. The van der Waals surface area contributed by atoms with Gasteiger partial charge in [0, 0.05) is 37.1 Å². The highest BCUT2D eigenvalue weighted by Crippen LogP contribution is 2.25. The van der Waals surface area contributed by atoms with Crippen LogP contribution in [0.3, 0.4) is 0 Å². The number of amides is 1. The minimum Gasteiger partial charge on any atom is -1.00 e. The van der Waals surface area contributed by atoms with Gasteiger partial charge in [-0.3, -0.25) is 4.79 Å². The number of piperazine rings is 1. The van der Waals surface area contributed by atoms with E-state index in [0.29, 0.717) is 5.76 Å². The molecule has 19 heavy (non-hydrogen) atoms. The molecule has 1 aromatic carbocycles. The summed E-state index contributed by atoms with van der Waals surface area (Å²) in [6, 6.07) is 7.77. The van der Waals surface area contributed by atoms with Gasteiger partial charge >= 0.3 is 0 Å². The Morgan fingerprint density at radius 2 is 1.95 bits per heavy atom. The number of furan rings is 1. The van der Waals surface area contributed by atoms with E-state index in [4.69, 9.17) is 4.42 Å². The van der Waals surface area contributed by atoms with Crippen LogP contribution in [0.4, 0.5) is 0 Å². The zero-order valence-electron chi connectivity index (χ0n) is 10.8. The van der Waals surface area contributed by atoms with Crippen LogP contribution in [-0.2, 0) is 0 Å². The van der Waals surface area contributed by atoms with Crippen molar-refractivity contribution < 1.29 is 21.6 Å². The Bertz CT molecular complexity index is 588. The zero-order valence-corrected chi connectivity index (χ0v) is 11.5. The average molecular weight is 280 g/mol. The van der Waals surface area contributed by atoms with Crippen molar-refractivity contribution in [3.8, 4) is 0 Å². The number of hydrogen-bond acceptors (Lipinski definition) is 3. The van der Waals surface area contributed by atoms with Crippen LogP contribution in [-0.4, -0.2) is 37.0 Å². The molecule has 1 fully saturated rings. The van der Waals surface area contributed by atoms with Crippen molar-refractivity contribution in [1.82, 2.24) is 10.2 Å². The Balaban J connectivity index is 0.00000133. The number of carbonyl (C=O) groups excluding carboxylic acids is 1. The molecule has 3 rings (SSSR count). The fourth-order valence-electron chi connectivity index (χ4n) is 2.39. The van der Waals surface area contributed by atoms with Gasteiger partial charge in [-0.1, -0.05) is 18.2 Å². The molecule has 5 heteroatoms. The molecule has 0 unspecified atom stereocenters. The molecule has 1 aromatic heterocycles. The molecule has 0 radical (unpaired) electrons. The molecule has 2 aromatic rings. The van der Waals surface area contributed by atoms with Gasteiger partial charge in [0.15, 0.2) is 5.76 Å². The molecule has 1 N–H and O–H groups in total. The van der Waals surface area contributed by atoms with E-state index in [1.807, 2.05) is 36.1 Å². The second-order valence-electron chi connectivity index (χ2n) is 4.59. The summed E-state index contributed by atoms with van der Waals surface area (Å²) < 4.78 is 5.70. The second-order valence-corrected chi connectivity index (χ2v) is 4.59. The summed E-state index contributed by atoms with van der Waals surface area (Å²) in [6.07, 6.45) is 0. The molecular formula is C14H16ClN2O2-. The number of halogens is 1. The van der Waals surface area contributed by atoms with E-state index in [9.17, 15) is 4.79 Å². The zero-order chi connectivity index (χ0) is 12.5. The van der Waals surface area contributed by atoms with Gasteiger partial charge in [-0.15, -0.1) is 0 Å². The first kappa shape index (κ1) is 13.9. The van der Waals surface area contributed by atoms with E-state index >= 15 is 0 Å². The van der Waals surface area contributed by atoms with Crippen molar-refractivity contribution in [3.63, 3.8) is 0 Å². The molecule has 0 saturated carbocycles. The van der Waals surface area contributed by atoms with E-state index < -0.39 is 0 Å². The Kier molecular flexibility index (Phi) is 4.12. The lowest BCUT2D eigenvalue weighted by atomic mass is 10.1. The number of aryl methyl sites for hydroxylation is 1. The quantitative estimate of drug-likeness (QED) is 0.713. The SMILES string of the molecule is Cc1c(C(=O)N2CCNCC2)oc2ccccc12.[Cl-]. The first-order valence-corrected chi connectivity index (χ1v) is 6.25. The third-order valence-electron chi connectivity index (χ3n) is 3.44. The van der Waals surface area contributed by atoms with Gasteiger partial charge in [0.1, 0.15) is 5.58 Å². The van der Waals surface area contributed by atoms with Gasteiger partial charge in [-0.25, -0.2) is 0 Å². The van der Waals surface area contributed by atoms with Gasteiger partial charge in [0.25, 0.3) is 5.91 Å². The maximum absolute atomic E-state index is 12.4. The van der Waals surface area contributed by atoms with Gasteiger partial charge in [-0.05, 0) is 13.0 Å². The minimum absolute atomic E-state index is 0. The van der Waals surface area contributed by atoms with Crippen LogP contribution in [0.1, 0.15) is 16.1 Å². The van der Waals surface area contributed by atoms with Crippen LogP contribution in [0.2, 0.25) is 0 Å². The fraction of sp³-hybridized carbons (Fsp3) is 0.357. The van der Waals surface area contributed by atoms with Crippen molar-refractivity contribution in [3.05, 3.63) is 35.6 Å². The summed E-state index contributed by atoms with van der Waals surface area (Å²) in [7, 11) is 0. The number of fused-ring (bicyclic) bond motifs is 1. The lowest BCUT2D eigenvalue weighted by Gasteiger charge is -2.26. The molecule has 1 aliphatic heterocycles. The highest BCUT2D eigenvalue weighted by atomic mass is 35.5. The average Bonchev–Trinajstić information content (AvgIpc) is 2.77. The van der Waals surface area contributed by atoms with Gasteiger partial charge in [0.05, 0.1) is 0 Å². The van der Waals surface area contributed by atoms with Crippen LogP contribution < -0.4 is 17.7 Å². The molecular weight excluding hydrogens is 264 g/mol. The van der Waals surface area contributed by atoms with Crippen molar-refractivity contribution in [2.24, 2.45) is 0 Å². The molecule has 0 spiro atoms. The highest BCUT2D eigenvalue weighted by molar-refractivity contribution is 5.98. The maximum atomic E-state index is 12.4. The summed E-state index contributed by atoms with van der Waals surface area (Å²) >= 11 is 0. The summed E-state index contributed by atoms with van der Waals surface area (Å²) in [4.78, 5) is 14.2. The minimum atomic E-state index is 0. The monoisotopic (exact) mass is 279 g/mol. The Hall–Kier alpha value is -1.52. The number of hydrogen-bond donors (Lipinski definition) is 1. The number of nitrogens with one attached hydrogen (secondary N) is 1. The van der Waals surface area contributed by atoms with Crippen molar-refractivity contribution in [2.75, 3.05) is 26.2 Å². The molecule has 2 heterocycles. The largest absolute Gasteiger partial charge is 1.00 e. The summed E-state index contributed by atoms with van der Waals surface area (Å²) in [5, 5.41) is 4.26. The molecule has 102 valence electrons. The first-order valence-electron chi connectivity index (χ1n) is 6.25. The molecule has 1 saturated heterocycles. The third-order valence-corrected chi connectivity index (χ3v) is 3.44. The smallest absolute Gasteiger partial charge is 0.289 e. The van der Waals surface area contributed by atoms with Crippen LogP contribution in [0.5, 0.6) is 0 Å². The fourth-order valence-corrected chi connectivity index (χ4v) is 2.39. The summed E-state index contributed by atoms with van der Waals surface area (Å²) in [5.41, 5.74) is 1.72. The topological polar surface area (TPSA) is 45.5 Å². The molecule has 0 bridgehead atoms. The normalized spacial score (nSPS) is 15.3. The second kappa shape index (κ2) is 5.63. The maximum Gasteiger partial charge on any atom is 0.289 e. The predicted octanol–water partition coefficient (Wildman–Crippen LogP) is -1.21. The van der Waals surface area contributed by atoms with Crippen LogP contribution in [0.25, 0.3) is 11.0 Å². The van der Waals surface area contributed by atoms with E-state index in [1.54, 1.807) is 0 Å². The number of rotatable bonds is 1. The van der Waals surface area contributed by atoms with Crippen molar-refractivity contribution in [1.29, 1.82) is 0 Å². The highest BCUT2D eigenvalue weighted by Gasteiger charge is 2.23. The van der Waals surface area contributed by atoms with Crippen LogP contribution >= 0.6 is 0 Å². The van der Waals surface area contributed by atoms with Gasteiger partial charge < -0.3 is 27.0 Å². The number of benzene rings is 1. The van der Waals surface area contributed by atoms with Gasteiger partial charge in [0.2, 0.25) is 0 Å². The number of para-hydroxylation sites is 1. The van der Waals surface area contributed by atoms with Crippen LogP contribution in [0, 0.1) is 6.92 Å². The Morgan fingerprint density at radius 1 is 1.26 bits per heavy atom. The molecule has 1 amide bonds. The molecule has 0 atom stereocenters. The lowest BCUT2D eigenvalue weighted by Crippen LogP contribution is -3.00. The molecule has 4 nitrogen and oxygen atoms in total. The van der Waals surface area contributed by atoms with E-state index in [0.717, 1.165) is 42.7 Å². The lowest BCUT2D eigenvalue weighted by molar-refractivity contribution is -0.0000135. The first-order chi connectivity index (χ1) is 8.77. The molecule has 1 aliphatic rings.